The molecule has 1 rings (SSSR count). The molecule has 0 aliphatic heterocycles. The lowest BCUT2D eigenvalue weighted by atomic mass is 10.2. The lowest BCUT2D eigenvalue weighted by molar-refractivity contribution is 0.591. The van der Waals surface area contributed by atoms with E-state index in [1.807, 2.05) is 13.8 Å². The minimum Gasteiger partial charge on any atom is -0.229 e. The predicted octanol–water partition coefficient (Wildman–Crippen LogP) is 2.40. The van der Waals surface area contributed by atoms with Crippen molar-refractivity contribution in [3.8, 4) is 0 Å². The van der Waals surface area contributed by atoms with Gasteiger partial charge >= 0.3 is 0 Å². The Morgan fingerprint density at radius 3 is 2.14 bits per heavy atom. The van der Waals surface area contributed by atoms with Crippen molar-refractivity contribution in [2.24, 2.45) is 0 Å². The summed E-state index contributed by atoms with van der Waals surface area (Å²) in [5, 5.41) is 0. The van der Waals surface area contributed by atoms with Crippen LogP contribution >= 0.6 is 0 Å². The Hall–Kier alpha value is -0.900. The Bertz CT molecular complexity index is 371. The van der Waals surface area contributed by atoms with Crippen molar-refractivity contribution < 1.29 is 12.8 Å². The second-order valence-corrected chi connectivity index (χ2v) is 4.80. The van der Waals surface area contributed by atoms with Gasteiger partial charge in [-0.05, 0) is 6.07 Å². The number of hydrogen-bond donors (Lipinski definition) is 0. The van der Waals surface area contributed by atoms with Crippen molar-refractivity contribution in [3.63, 3.8) is 0 Å². The molecule has 0 aromatic heterocycles. The van der Waals surface area contributed by atoms with Gasteiger partial charge in [-0.3, -0.25) is 0 Å². The molecule has 1 aromatic rings. The number of sulfone groups is 1. The van der Waals surface area contributed by atoms with Crippen LogP contribution in [0.15, 0.2) is 24.3 Å². The predicted molar refractivity (Wildman–Crippen MR) is 56.3 cm³/mol. The third-order valence-electron chi connectivity index (χ3n) is 1.38. The molecule has 0 saturated carbocycles. The van der Waals surface area contributed by atoms with Gasteiger partial charge in [-0.2, -0.15) is 0 Å². The van der Waals surface area contributed by atoms with Gasteiger partial charge in [-0.15, -0.1) is 0 Å². The summed E-state index contributed by atoms with van der Waals surface area (Å²) in [5.41, 5.74) is 0.222. The van der Waals surface area contributed by atoms with Gasteiger partial charge in [0.15, 0.2) is 9.84 Å². The lowest BCUT2D eigenvalue weighted by Gasteiger charge is -1.99. The molecule has 0 amide bonds. The monoisotopic (exact) mass is 218 g/mol. The van der Waals surface area contributed by atoms with E-state index in [1.54, 1.807) is 6.07 Å². The smallest absolute Gasteiger partial charge is 0.151 e. The van der Waals surface area contributed by atoms with Crippen molar-refractivity contribution >= 4 is 9.84 Å². The Labute approximate surface area is 84.7 Å². The van der Waals surface area contributed by atoms with Crippen molar-refractivity contribution in [3.05, 3.63) is 35.6 Å². The molecule has 0 atom stereocenters. The van der Waals surface area contributed by atoms with Crippen LogP contribution in [0.5, 0.6) is 0 Å². The van der Waals surface area contributed by atoms with E-state index in [9.17, 15) is 12.8 Å². The maximum absolute atomic E-state index is 12.9. The molecule has 0 N–H and O–H groups in total. The van der Waals surface area contributed by atoms with Gasteiger partial charge in [0.2, 0.25) is 0 Å². The summed E-state index contributed by atoms with van der Waals surface area (Å²) in [7, 11) is -3.14. The van der Waals surface area contributed by atoms with E-state index in [4.69, 9.17) is 0 Å². The molecule has 0 radical (unpaired) electrons. The molecular formula is C10H15FO2S. The van der Waals surface area contributed by atoms with Crippen LogP contribution in [0.2, 0.25) is 0 Å². The van der Waals surface area contributed by atoms with Crippen LogP contribution in [0.3, 0.4) is 0 Å². The Morgan fingerprint density at radius 2 is 1.71 bits per heavy atom. The standard InChI is InChI=1S/C8H9FO2S.C2H6/c1-12(10,11)6-7-4-2-3-5-8(7)9;1-2/h2-5H,6H2,1H3;1-2H3. The van der Waals surface area contributed by atoms with Gasteiger partial charge in [0, 0.05) is 11.8 Å². The van der Waals surface area contributed by atoms with Gasteiger partial charge in [-0.1, -0.05) is 32.0 Å². The van der Waals surface area contributed by atoms with Crippen LogP contribution in [0.4, 0.5) is 4.39 Å². The largest absolute Gasteiger partial charge is 0.229 e. The average molecular weight is 218 g/mol. The molecular weight excluding hydrogens is 203 g/mol. The molecule has 4 heteroatoms. The summed E-state index contributed by atoms with van der Waals surface area (Å²) in [6.45, 7) is 4.00. The van der Waals surface area contributed by atoms with E-state index in [0.29, 0.717) is 0 Å². The second kappa shape index (κ2) is 5.75. The van der Waals surface area contributed by atoms with Crippen LogP contribution in [0, 0.1) is 5.82 Å². The number of benzene rings is 1. The van der Waals surface area contributed by atoms with E-state index < -0.39 is 15.7 Å². The molecule has 0 unspecified atom stereocenters. The van der Waals surface area contributed by atoms with Crippen molar-refractivity contribution in [1.82, 2.24) is 0 Å². The summed E-state index contributed by atoms with van der Waals surface area (Å²) < 4.78 is 34.4. The maximum atomic E-state index is 12.9. The Balaban J connectivity index is 0.000000791. The van der Waals surface area contributed by atoms with Crippen LogP contribution in [0.1, 0.15) is 19.4 Å². The lowest BCUT2D eigenvalue weighted by Crippen LogP contribution is -2.02. The summed E-state index contributed by atoms with van der Waals surface area (Å²) in [4.78, 5) is 0. The third kappa shape index (κ3) is 4.97. The van der Waals surface area contributed by atoms with Crippen molar-refractivity contribution in [2.75, 3.05) is 6.26 Å². The Kier molecular flexibility index (Phi) is 5.38. The van der Waals surface area contributed by atoms with Gasteiger partial charge in [0.05, 0.1) is 5.75 Å². The first-order chi connectivity index (χ1) is 6.49. The quantitative estimate of drug-likeness (QED) is 0.763. The average Bonchev–Trinajstić information content (AvgIpc) is 2.10. The highest BCUT2D eigenvalue weighted by molar-refractivity contribution is 7.89. The van der Waals surface area contributed by atoms with Crippen molar-refractivity contribution in [2.45, 2.75) is 19.6 Å². The molecule has 2 nitrogen and oxygen atoms in total. The zero-order valence-electron chi connectivity index (χ0n) is 8.62. The highest BCUT2D eigenvalue weighted by Crippen LogP contribution is 2.09. The number of halogens is 1. The highest BCUT2D eigenvalue weighted by atomic mass is 32.2. The minimum atomic E-state index is -3.14. The molecule has 0 aliphatic rings. The van der Waals surface area contributed by atoms with E-state index in [1.165, 1.54) is 18.2 Å². The molecule has 0 bridgehead atoms. The van der Waals surface area contributed by atoms with Crippen molar-refractivity contribution in [1.29, 1.82) is 0 Å². The zero-order valence-corrected chi connectivity index (χ0v) is 9.44. The molecule has 0 aliphatic carbocycles. The maximum Gasteiger partial charge on any atom is 0.151 e. The fraction of sp³-hybridized carbons (Fsp3) is 0.400. The second-order valence-electron chi connectivity index (χ2n) is 2.66. The minimum absolute atomic E-state index is 0.222. The zero-order chi connectivity index (χ0) is 11.2. The molecule has 0 fully saturated rings. The van der Waals surface area contributed by atoms with Crippen LogP contribution in [-0.2, 0) is 15.6 Å². The fourth-order valence-corrected chi connectivity index (χ4v) is 1.70. The highest BCUT2D eigenvalue weighted by Gasteiger charge is 2.07. The molecule has 80 valence electrons. The molecule has 0 spiro atoms. The molecule has 1 aromatic carbocycles. The van der Waals surface area contributed by atoms with Gasteiger partial charge in [0.25, 0.3) is 0 Å². The fourth-order valence-electron chi connectivity index (χ4n) is 0.898. The van der Waals surface area contributed by atoms with E-state index in [2.05, 4.69) is 0 Å². The molecule has 0 saturated heterocycles. The topological polar surface area (TPSA) is 34.1 Å². The SMILES string of the molecule is CC.CS(=O)(=O)Cc1ccccc1F. The summed E-state index contributed by atoms with van der Waals surface area (Å²) in [5.74, 6) is -0.706. The first kappa shape index (κ1) is 13.1. The van der Waals surface area contributed by atoms with Gasteiger partial charge < -0.3 is 0 Å². The van der Waals surface area contributed by atoms with Crippen LogP contribution in [-0.4, -0.2) is 14.7 Å². The molecule has 14 heavy (non-hydrogen) atoms. The van der Waals surface area contributed by atoms with E-state index in [0.717, 1.165) is 6.26 Å². The summed E-state index contributed by atoms with van der Waals surface area (Å²) >= 11 is 0. The Morgan fingerprint density at radius 1 is 1.21 bits per heavy atom. The van der Waals surface area contributed by atoms with Crippen LogP contribution < -0.4 is 0 Å². The number of rotatable bonds is 2. The molecule has 0 heterocycles. The first-order valence-corrected chi connectivity index (χ1v) is 6.46. The number of hydrogen-bond acceptors (Lipinski definition) is 2. The summed E-state index contributed by atoms with van der Waals surface area (Å²) in [6.07, 6.45) is 1.08. The van der Waals surface area contributed by atoms with E-state index >= 15 is 0 Å². The third-order valence-corrected chi connectivity index (χ3v) is 2.21. The first-order valence-electron chi connectivity index (χ1n) is 4.40. The normalized spacial score (nSPS) is 10.3. The van der Waals surface area contributed by atoms with Crippen LogP contribution in [0.25, 0.3) is 0 Å². The van der Waals surface area contributed by atoms with E-state index in [-0.39, 0.29) is 11.3 Å². The summed E-state index contributed by atoms with van der Waals surface area (Å²) in [6, 6.07) is 5.86. The van der Waals surface area contributed by atoms with Gasteiger partial charge in [0.1, 0.15) is 5.82 Å². The van der Waals surface area contributed by atoms with Gasteiger partial charge in [-0.25, -0.2) is 12.8 Å².